The summed E-state index contributed by atoms with van der Waals surface area (Å²) >= 11 is 0. The van der Waals surface area contributed by atoms with Gasteiger partial charge in [0.15, 0.2) is 0 Å². The summed E-state index contributed by atoms with van der Waals surface area (Å²) in [5.41, 5.74) is 0. The lowest BCUT2D eigenvalue weighted by Gasteiger charge is -2.30. The van der Waals surface area contributed by atoms with Crippen LogP contribution in [0.4, 0.5) is 0 Å². The molecule has 1 unspecified atom stereocenters. The van der Waals surface area contributed by atoms with Crippen LogP contribution in [0.2, 0.25) is 0 Å². The van der Waals surface area contributed by atoms with E-state index in [1.54, 1.807) is 19.0 Å². The first-order chi connectivity index (χ1) is 7.81. The van der Waals surface area contributed by atoms with E-state index in [1.165, 1.54) is 0 Å². The minimum absolute atomic E-state index is 0.0426. The van der Waals surface area contributed by atoms with E-state index in [2.05, 4.69) is 19.2 Å². The van der Waals surface area contributed by atoms with Crippen molar-refractivity contribution in [1.29, 1.82) is 0 Å². The van der Waals surface area contributed by atoms with Gasteiger partial charge in [-0.2, -0.15) is 0 Å². The molecule has 1 atom stereocenters. The Morgan fingerprint density at radius 2 is 1.71 bits per heavy atom. The quantitative estimate of drug-likeness (QED) is 0.770. The number of amides is 2. The topological polar surface area (TPSA) is 49.4 Å². The van der Waals surface area contributed by atoms with E-state index in [9.17, 15) is 9.59 Å². The van der Waals surface area contributed by atoms with Crippen LogP contribution in [-0.2, 0) is 9.59 Å². The number of nitrogens with zero attached hydrogens (tertiary/aromatic N) is 1. The van der Waals surface area contributed by atoms with Gasteiger partial charge in [-0.05, 0) is 18.3 Å². The van der Waals surface area contributed by atoms with Gasteiger partial charge in [0.2, 0.25) is 11.8 Å². The Morgan fingerprint density at radius 3 is 2.06 bits per heavy atom. The standard InChI is InChI=1S/C13H26N2O2/c1-9(2)7-8-11(16)15(6)12(10(3)4)13(17)14-5/h9-10,12H,7-8H2,1-6H3,(H,14,17). The fourth-order valence-electron chi connectivity index (χ4n) is 1.82. The Labute approximate surface area is 105 Å². The van der Waals surface area contributed by atoms with E-state index in [1.807, 2.05) is 13.8 Å². The second-order valence-corrected chi connectivity index (χ2v) is 5.24. The van der Waals surface area contributed by atoms with Crippen molar-refractivity contribution < 1.29 is 9.59 Å². The van der Waals surface area contributed by atoms with E-state index in [0.717, 1.165) is 6.42 Å². The van der Waals surface area contributed by atoms with Crippen LogP contribution in [0.15, 0.2) is 0 Å². The lowest BCUT2D eigenvalue weighted by Crippen LogP contribution is -2.49. The lowest BCUT2D eigenvalue weighted by molar-refractivity contribution is -0.140. The number of hydrogen-bond acceptors (Lipinski definition) is 2. The average Bonchev–Trinajstić information content (AvgIpc) is 2.24. The molecule has 0 spiro atoms. The average molecular weight is 242 g/mol. The van der Waals surface area contributed by atoms with E-state index in [-0.39, 0.29) is 23.8 Å². The predicted octanol–water partition coefficient (Wildman–Crippen LogP) is 1.65. The summed E-state index contributed by atoms with van der Waals surface area (Å²) in [7, 11) is 3.31. The van der Waals surface area contributed by atoms with Crippen LogP contribution in [0.1, 0.15) is 40.5 Å². The first-order valence-electron chi connectivity index (χ1n) is 6.28. The Hall–Kier alpha value is -1.06. The van der Waals surface area contributed by atoms with Crippen LogP contribution in [-0.4, -0.2) is 36.9 Å². The molecule has 0 aliphatic carbocycles. The maximum Gasteiger partial charge on any atom is 0.242 e. The molecule has 0 saturated carbocycles. The van der Waals surface area contributed by atoms with Crippen molar-refractivity contribution in [3.05, 3.63) is 0 Å². The van der Waals surface area contributed by atoms with Crippen LogP contribution >= 0.6 is 0 Å². The largest absolute Gasteiger partial charge is 0.357 e. The van der Waals surface area contributed by atoms with Gasteiger partial charge in [0.05, 0.1) is 0 Å². The summed E-state index contributed by atoms with van der Waals surface area (Å²) < 4.78 is 0. The van der Waals surface area contributed by atoms with Gasteiger partial charge in [0, 0.05) is 20.5 Å². The van der Waals surface area contributed by atoms with Crippen LogP contribution in [0.5, 0.6) is 0 Å². The lowest BCUT2D eigenvalue weighted by atomic mass is 10.0. The van der Waals surface area contributed by atoms with Gasteiger partial charge in [-0.25, -0.2) is 0 Å². The zero-order valence-corrected chi connectivity index (χ0v) is 11.9. The molecule has 4 nitrogen and oxygen atoms in total. The van der Waals surface area contributed by atoms with Crippen LogP contribution in [0.25, 0.3) is 0 Å². The number of nitrogens with one attached hydrogen (secondary N) is 1. The summed E-state index contributed by atoms with van der Waals surface area (Å²) in [5, 5.41) is 2.61. The third kappa shape index (κ3) is 5.20. The summed E-state index contributed by atoms with van der Waals surface area (Å²) in [6, 6.07) is -0.375. The number of carbonyl (C=O) groups is 2. The van der Waals surface area contributed by atoms with E-state index in [4.69, 9.17) is 0 Å². The van der Waals surface area contributed by atoms with Crippen molar-refractivity contribution in [2.24, 2.45) is 11.8 Å². The molecule has 0 aromatic rings. The van der Waals surface area contributed by atoms with Gasteiger partial charge in [0.1, 0.15) is 6.04 Å². The van der Waals surface area contributed by atoms with Gasteiger partial charge >= 0.3 is 0 Å². The zero-order chi connectivity index (χ0) is 13.6. The molecule has 0 bridgehead atoms. The summed E-state index contributed by atoms with van der Waals surface area (Å²) in [6.45, 7) is 8.08. The number of hydrogen-bond donors (Lipinski definition) is 1. The number of rotatable bonds is 6. The maximum atomic E-state index is 12.0. The molecule has 0 aliphatic heterocycles. The molecule has 0 aromatic heterocycles. The van der Waals surface area contributed by atoms with E-state index >= 15 is 0 Å². The highest BCUT2D eigenvalue weighted by atomic mass is 16.2. The van der Waals surface area contributed by atoms with E-state index in [0.29, 0.717) is 12.3 Å². The molecule has 0 saturated heterocycles. The molecule has 17 heavy (non-hydrogen) atoms. The molecular formula is C13H26N2O2. The molecule has 2 amide bonds. The third-order valence-corrected chi connectivity index (χ3v) is 2.89. The highest BCUT2D eigenvalue weighted by Crippen LogP contribution is 2.13. The first kappa shape index (κ1) is 15.9. The number of likely N-dealkylation sites (N-methyl/N-ethyl adjacent to an activating group) is 2. The second kappa shape index (κ2) is 7.30. The molecule has 1 N–H and O–H groups in total. The first-order valence-corrected chi connectivity index (χ1v) is 6.28. The van der Waals surface area contributed by atoms with E-state index < -0.39 is 0 Å². The molecule has 0 heterocycles. The smallest absolute Gasteiger partial charge is 0.242 e. The van der Waals surface area contributed by atoms with Gasteiger partial charge in [-0.3, -0.25) is 9.59 Å². The summed E-state index contributed by atoms with van der Waals surface area (Å²) in [6.07, 6.45) is 1.37. The molecule has 0 radical (unpaired) electrons. The fourth-order valence-corrected chi connectivity index (χ4v) is 1.82. The minimum Gasteiger partial charge on any atom is -0.357 e. The van der Waals surface area contributed by atoms with Gasteiger partial charge in [0.25, 0.3) is 0 Å². The zero-order valence-electron chi connectivity index (χ0n) is 11.9. The molecule has 0 fully saturated rings. The molecular weight excluding hydrogens is 216 g/mol. The van der Waals surface area contributed by atoms with Crippen molar-refractivity contribution in [2.75, 3.05) is 14.1 Å². The van der Waals surface area contributed by atoms with Gasteiger partial charge in [-0.15, -0.1) is 0 Å². The molecule has 0 rings (SSSR count). The highest BCUT2D eigenvalue weighted by Gasteiger charge is 2.28. The summed E-state index contributed by atoms with van der Waals surface area (Å²) in [5.74, 6) is 0.564. The molecule has 0 aliphatic rings. The van der Waals surface area contributed by atoms with Gasteiger partial charge < -0.3 is 10.2 Å². The predicted molar refractivity (Wildman–Crippen MR) is 69.5 cm³/mol. The van der Waals surface area contributed by atoms with Crippen molar-refractivity contribution >= 4 is 11.8 Å². The van der Waals surface area contributed by atoms with Crippen molar-refractivity contribution in [3.63, 3.8) is 0 Å². The Bertz CT molecular complexity index is 262. The van der Waals surface area contributed by atoms with Crippen LogP contribution in [0.3, 0.4) is 0 Å². The molecule has 0 aromatic carbocycles. The minimum atomic E-state index is -0.375. The van der Waals surface area contributed by atoms with Crippen molar-refractivity contribution in [1.82, 2.24) is 10.2 Å². The second-order valence-electron chi connectivity index (χ2n) is 5.24. The third-order valence-electron chi connectivity index (χ3n) is 2.89. The maximum absolute atomic E-state index is 12.0. The van der Waals surface area contributed by atoms with Crippen molar-refractivity contribution in [2.45, 2.75) is 46.6 Å². The fraction of sp³-hybridized carbons (Fsp3) is 0.846. The highest BCUT2D eigenvalue weighted by molar-refractivity contribution is 5.87. The molecule has 100 valence electrons. The van der Waals surface area contributed by atoms with Crippen LogP contribution in [0, 0.1) is 11.8 Å². The Kier molecular flexibility index (Phi) is 6.85. The normalized spacial score (nSPS) is 12.7. The SMILES string of the molecule is CNC(=O)C(C(C)C)N(C)C(=O)CCC(C)C. The van der Waals surface area contributed by atoms with Crippen LogP contribution < -0.4 is 5.32 Å². The summed E-state index contributed by atoms with van der Waals surface area (Å²) in [4.78, 5) is 25.3. The Morgan fingerprint density at radius 1 is 1.18 bits per heavy atom. The Balaban J connectivity index is 4.55. The van der Waals surface area contributed by atoms with Gasteiger partial charge in [-0.1, -0.05) is 27.7 Å². The molecule has 4 heteroatoms. The number of carbonyl (C=O) groups excluding carboxylic acids is 2. The van der Waals surface area contributed by atoms with Crippen molar-refractivity contribution in [3.8, 4) is 0 Å². The monoisotopic (exact) mass is 242 g/mol.